The van der Waals surface area contributed by atoms with Crippen molar-refractivity contribution in [1.29, 1.82) is 0 Å². The molecule has 0 radical (unpaired) electrons. The topological polar surface area (TPSA) is 65.0 Å². The van der Waals surface area contributed by atoms with Gasteiger partial charge in [-0.25, -0.2) is 19.3 Å². The number of halogens is 3. The van der Waals surface area contributed by atoms with Crippen molar-refractivity contribution < 1.29 is 13.7 Å². The van der Waals surface area contributed by atoms with Crippen LogP contribution in [0.1, 0.15) is 5.69 Å². The standard InChI is InChI=1S/C17H15Cl2FN3O2P/c1-9-14(18)15(19)17-12(22-9)6-11(20)16(23-17)10-4-5-13(21-7-10)25-8-26(2,3)24/h4-7H,8H2,1-3H3. The van der Waals surface area contributed by atoms with Gasteiger partial charge in [0.05, 0.1) is 21.3 Å². The largest absolute Gasteiger partial charge is 0.470 e. The highest BCUT2D eigenvalue weighted by molar-refractivity contribution is 7.62. The van der Waals surface area contributed by atoms with Crippen LogP contribution in [-0.2, 0) is 4.57 Å². The van der Waals surface area contributed by atoms with Crippen molar-refractivity contribution in [1.82, 2.24) is 15.0 Å². The molecule has 9 heteroatoms. The second-order valence-corrected chi connectivity index (χ2v) is 10.4. The number of fused-ring (bicyclic) bond motifs is 1. The molecule has 26 heavy (non-hydrogen) atoms. The summed E-state index contributed by atoms with van der Waals surface area (Å²) in [6.07, 6.45) is 1.51. The normalized spacial score (nSPS) is 11.8. The van der Waals surface area contributed by atoms with E-state index >= 15 is 0 Å². The van der Waals surface area contributed by atoms with Crippen molar-refractivity contribution >= 4 is 41.4 Å². The van der Waals surface area contributed by atoms with Crippen molar-refractivity contribution in [2.75, 3.05) is 19.7 Å². The lowest BCUT2D eigenvalue weighted by atomic mass is 10.1. The maximum absolute atomic E-state index is 14.5. The van der Waals surface area contributed by atoms with Crippen LogP contribution in [0.2, 0.25) is 10.0 Å². The Labute approximate surface area is 159 Å². The number of aryl methyl sites for hydroxylation is 1. The Bertz CT molecular complexity index is 1040. The fourth-order valence-electron chi connectivity index (χ4n) is 2.25. The molecule has 0 aliphatic rings. The summed E-state index contributed by atoms with van der Waals surface area (Å²) < 4.78 is 31.6. The number of rotatable bonds is 4. The van der Waals surface area contributed by atoms with E-state index in [1.807, 2.05) is 0 Å². The summed E-state index contributed by atoms with van der Waals surface area (Å²) in [6, 6.07) is 4.45. The lowest BCUT2D eigenvalue weighted by Crippen LogP contribution is -2.00. The van der Waals surface area contributed by atoms with Crippen LogP contribution in [0.5, 0.6) is 5.88 Å². The average Bonchev–Trinajstić information content (AvgIpc) is 2.58. The van der Waals surface area contributed by atoms with Crippen molar-refractivity contribution in [3.05, 3.63) is 46.0 Å². The molecule has 136 valence electrons. The zero-order valence-electron chi connectivity index (χ0n) is 14.3. The van der Waals surface area contributed by atoms with Gasteiger partial charge in [-0.2, -0.15) is 0 Å². The molecule has 3 aromatic heterocycles. The van der Waals surface area contributed by atoms with Crippen LogP contribution in [0.3, 0.4) is 0 Å². The molecule has 0 amide bonds. The zero-order valence-corrected chi connectivity index (χ0v) is 16.7. The number of aromatic nitrogens is 3. The molecule has 3 aromatic rings. The third-order valence-electron chi connectivity index (χ3n) is 3.50. The van der Waals surface area contributed by atoms with Gasteiger partial charge in [0.15, 0.2) is 5.82 Å². The SMILES string of the molecule is Cc1nc2cc(F)c(-c3ccc(OCP(C)(C)=O)nc3)nc2c(Cl)c1Cl. The highest BCUT2D eigenvalue weighted by Crippen LogP contribution is 2.36. The van der Waals surface area contributed by atoms with E-state index in [2.05, 4.69) is 15.0 Å². The van der Waals surface area contributed by atoms with E-state index in [9.17, 15) is 8.96 Å². The molecule has 0 aliphatic carbocycles. The Morgan fingerprint density at radius 1 is 1.19 bits per heavy atom. The summed E-state index contributed by atoms with van der Waals surface area (Å²) in [4.78, 5) is 12.6. The van der Waals surface area contributed by atoms with E-state index in [4.69, 9.17) is 27.9 Å². The minimum Gasteiger partial charge on any atom is -0.470 e. The molecule has 3 rings (SSSR count). The molecule has 0 unspecified atom stereocenters. The Morgan fingerprint density at radius 3 is 2.54 bits per heavy atom. The van der Waals surface area contributed by atoms with Gasteiger partial charge in [0, 0.05) is 23.9 Å². The molecule has 0 atom stereocenters. The van der Waals surface area contributed by atoms with Gasteiger partial charge in [-0.1, -0.05) is 23.2 Å². The summed E-state index contributed by atoms with van der Waals surface area (Å²) in [6.45, 7) is 4.94. The molecule has 0 spiro atoms. The number of nitrogens with zero attached hydrogens (tertiary/aromatic N) is 3. The van der Waals surface area contributed by atoms with Crippen molar-refractivity contribution in [2.24, 2.45) is 0 Å². The maximum Gasteiger partial charge on any atom is 0.213 e. The van der Waals surface area contributed by atoms with Crippen molar-refractivity contribution in [3.63, 3.8) is 0 Å². The minimum absolute atomic E-state index is 0.0804. The van der Waals surface area contributed by atoms with Crippen LogP contribution in [-0.4, -0.2) is 34.6 Å². The van der Waals surface area contributed by atoms with Gasteiger partial charge in [0.2, 0.25) is 5.88 Å². The van der Waals surface area contributed by atoms with Gasteiger partial charge in [-0.15, -0.1) is 0 Å². The van der Waals surface area contributed by atoms with Gasteiger partial charge in [0.1, 0.15) is 24.7 Å². The summed E-state index contributed by atoms with van der Waals surface area (Å²) in [7, 11) is -2.32. The predicted molar refractivity (Wildman–Crippen MR) is 102 cm³/mol. The molecule has 5 nitrogen and oxygen atoms in total. The van der Waals surface area contributed by atoms with Crippen LogP contribution in [0, 0.1) is 12.7 Å². The summed E-state index contributed by atoms with van der Waals surface area (Å²) >= 11 is 12.3. The number of hydrogen-bond donors (Lipinski definition) is 0. The molecule has 0 N–H and O–H groups in total. The Hall–Kier alpha value is -1.75. The van der Waals surface area contributed by atoms with E-state index in [0.717, 1.165) is 0 Å². The smallest absolute Gasteiger partial charge is 0.213 e. The average molecular weight is 414 g/mol. The molecular formula is C17H15Cl2FN3O2P. The third-order valence-corrected chi connectivity index (χ3v) is 5.17. The van der Waals surface area contributed by atoms with Gasteiger partial charge in [-0.3, -0.25) is 0 Å². The van der Waals surface area contributed by atoms with Gasteiger partial charge >= 0.3 is 0 Å². The highest BCUT2D eigenvalue weighted by atomic mass is 35.5. The van der Waals surface area contributed by atoms with E-state index < -0.39 is 13.0 Å². The van der Waals surface area contributed by atoms with E-state index in [0.29, 0.717) is 28.2 Å². The summed E-state index contributed by atoms with van der Waals surface area (Å²) in [5.74, 6) is -0.248. The molecule has 0 saturated carbocycles. The Morgan fingerprint density at radius 2 is 1.92 bits per heavy atom. The van der Waals surface area contributed by atoms with Crippen LogP contribution < -0.4 is 4.74 Å². The molecule has 0 saturated heterocycles. The molecule has 0 aliphatic heterocycles. The van der Waals surface area contributed by atoms with Crippen LogP contribution >= 0.6 is 30.3 Å². The first-order chi connectivity index (χ1) is 12.2. The van der Waals surface area contributed by atoms with Gasteiger partial charge in [0.25, 0.3) is 0 Å². The number of pyridine rings is 3. The van der Waals surface area contributed by atoms with E-state index in [1.165, 1.54) is 12.3 Å². The quantitative estimate of drug-likeness (QED) is 0.535. The Balaban J connectivity index is 2.00. The summed E-state index contributed by atoms with van der Waals surface area (Å²) in [5.41, 5.74) is 1.67. The van der Waals surface area contributed by atoms with Crippen LogP contribution in [0.15, 0.2) is 24.4 Å². The lowest BCUT2D eigenvalue weighted by Gasteiger charge is -2.10. The monoisotopic (exact) mass is 413 g/mol. The lowest BCUT2D eigenvalue weighted by molar-refractivity contribution is 0.363. The minimum atomic E-state index is -2.32. The predicted octanol–water partition coefficient (Wildman–Crippen LogP) is 5.41. The highest BCUT2D eigenvalue weighted by Gasteiger charge is 2.16. The molecular weight excluding hydrogens is 399 g/mol. The molecule has 0 aromatic carbocycles. The van der Waals surface area contributed by atoms with Crippen molar-refractivity contribution in [2.45, 2.75) is 6.92 Å². The zero-order chi connectivity index (χ0) is 19.1. The van der Waals surface area contributed by atoms with Crippen molar-refractivity contribution in [3.8, 4) is 17.1 Å². The van der Waals surface area contributed by atoms with Gasteiger partial charge in [-0.05, 0) is 26.3 Å². The van der Waals surface area contributed by atoms with Crippen LogP contribution in [0.25, 0.3) is 22.3 Å². The number of hydrogen-bond acceptors (Lipinski definition) is 5. The first-order valence-electron chi connectivity index (χ1n) is 7.61. The fourth-order valence-corrected chi connectivity index (χ4v) is 3.10. The van der Waals surface area contributed by atoms with Crippen LogP contribution in [0.4, 0.5) is 4.39 Å². The van der Waals surface area contributed by atoms with Gasteiger partial charge < -0.3 is 9.30 Å². The Kier molecular flexibility index (Phi) is 5.20. The second kappa shape index (κ2) is 7.10. The fraction of sp³-hybridized carbons (Fsp3) is 0.235. The first-order valence-corrected chi connectivity index (χ1v) is 11.1. The first kappa shape index (κ1) is 19.0. The number of ether oxygens (including phenoxy) is 1. The second-order valence-electron chi connectivity index (χ2n) is 6.24. The third kappa shape index (κ3) is 3.98. The maximum atomic E-state index is 14.5. The molecule has 0 bridgehead atoms. The molecule has 0 fully saturated rings. The van der Waals surface area contributed by atoms with E-state index in [1.54, 1.807) is 32.4 Å². The van der Waals surface area contributed by atoms with E-state index in [-0.39, 0.29) is 22.1 Å². The summed E-state index contributed by atoms with van der Waals surface area (Å²) in [5, 5.41) is 0.514. The molecule has 3 heterocycles.